The maximum Gasteiger partial charge on any atom is 0.243 e. The molecular weight excluding hydrogens is 372 g/mol. The second-order valence-electron chi connectivity index (χ2n) is 6.41. The monoisotopic (exact) mass is 394 g/mol. The minimum atomic E-state index is -3.59. The molecule has 28 heavy (non-hydrogen) atoms. The van der Waals surface area contributed by atoms with Gasteiger partial charge in [0.25, 0.3) is 0 Å². The van der Waals surface area contributed by atoms with E-state index in [2.05, 4.69) is 5.32 Å². The van der Waals surface area contributed by atoms with Crippen LogP contribution in [-0.4, -0.2) is 32.1 Å². The molecule has 0 unspecified atom stereocenters. The standard InChI is InChI=1S/C22H22N2O3S/c1-24(17-18-8-4-2-5-9-18)28(26,27)21-14-12-20(13-15-21)23-16-22(25)19-10-6-3-7-11-19/h2-15,23H,16-17H2,1H3. The Kier molecular flexibility index (Phi) is 6.23. The summed E-state index contributed by atoms with van der Waals surface area (Å²) in [6, 6.07) is 24.9. The van der Waals surface area contributed by atoms with E-state index in [-0.39, 0.29) is 17.2 Å². The average molecular weight is 394 g/mol. The van der Waals surface area contributed by atoms with E-state index in [0.29, 0.717) is 17.8 Å². The maximum atomic E-state index is 12.8. The van der Waals surface area contributed by atoms with Crippen molar-refractivity contribution in [2.45, 2.75) is 11.4 Å². The number of benzene rings is 3. The number of rotatable bonds is 8. The molecule has 0 aliphatic rings. The van der Waals surface area contributed by atoms with Crippen molar-refractivity contribution < 1.29 is 13.2 Å². The third-order valence-electron chi connectivity index (χ3n) is 4.36. The van der Waals surface area contributed by atoms with E-state index in [0.717, 1.165) is 5.56 Å². The van der Waals surface area contributed by atoms with Gasteiger partial charge in [-0.3, -0.25) is 4.79 Å². The van der Waals surface area contributed by atoms with Gasteiger partial charge in [0.1, 0.15) is 0 Å². The van der Waals surface area contributed by atoms with Crippen molar-refractivity contribution in [3.8, 4) is 0 Å². The van der Waals surface area contributed by atoms with Crippen LogP contribution >= 0.6 is 0 Å². The lowest BCUT2D eigenvalue weighted by molar-refractivity contribution is 0.101. The lowest BCUT2D eigenvalue weighted by Gasteiger charge is -2.17. The fourth-order valence-corrected chi connectivity index (χ4v) is 3.92. The van der Waals surface area contributed by atoms with E-state index in [1.807, 2.05) is 48.5 Å². The SMILES string of the molecule is CN(Cc1ccccc1)S(=O)(=O)c1ccc(NCC(=O)c2ccccc2)cc1. The zero-order chi connectivity index (χ0) is 20.0. The van der Waals surface area contributed by atoms with Crippen LogP contribution in [0.2, 0.25) is 0 Å². The Morgan fingerprint density at radius 3 is 2.04 bits per heavy atom. The van der Waals surface area contributed by atoms with Crippen molar-refractivity contribution in [1.29, 1.82) is 0 Å². The third-order valence-corrected chi connectivity index (χ3v) is 6.18. The van der Waals surface area contributed by atoms with Gasteiger partial charge in [0, 0.05) is 24.8 Å². The molecule has 0 aliphatic carbocycles. The van der Waals surface area contributed by atoms with Crippen molar-refractivity contribution >= 4 is 21.5 Å². The van der Waals surface area contributed by atoms with Crippen molar-refractivity contribution in [2.24, 2.45) is 0 Å². The van der Waals surface area contributed by atoms with Crippen molar-refractivity contribution in [2.75, 3.05) is 18.9 Å². The highest BCUT2D eigenvalue weighted by atomic mass is 32.2. The Labute approximate surface area is 165 Å². The smallest absolute Gasteiger partial charge is 0.243 e. The number of Topliss-reactive ketones (excluding diaryl/α,β-unsaturated/α-hetero) is 1. The number of nitrogens with zero attached hydrogens (tertiary/aromatic N) is 1. The molecule has 0 saturated heterocycles. The molecule has 0 amide bonds. The lowest BCUT2D eigenvalue weighted by atomic mass is 10.1. The van der Waals surface area contributed by atoms with Gasteiger partial charge in [0.15, 0.2) is 5.78 Å². The van der Waals surface area contributed by atoms with Gasteiger partial charge in [-0.25, -0.2) is 8.42 Å². The zero-order valence-electron chi connectivity index (χ0n) is 15.6. The quantitative estimate of drug-likeness (QED) is 0.590. The van der Waals surface area contributed by atoms with E-state index in [9.17, 15) is 13.2 Å². The van der Waals surface area contributed by atoms with Crippen LogP contribution in [0.4, 0.5) is 5.69 Å². The number of nitrogens with one attached hydrogen (secondary N) is 1. The first-order valence-corrected chi connectivity index (χ1v) is 10.3. The Morgan fingerprint density at radius 1 is 0.857 bits per heavy atom. The predicted octanol–water partition coefficient (Wildman–Crippen LogP) is 3.80. The summed E-state index contributed by atoms with van der Waals surface area (Å²) in [5, 5.41) is 3.03. The molecule has 144 valence electrons. The fraction of sp³-hybridized carbons (Fsp3) is 0.136. The molecule has 0 atom stereocenters. The van der Waals surface area contributed by atoms with Crippen LogP contribution in [0.25, 0.3) is 0 Å². The number of ketones is 1. The predicted molar refractivity (Wildman–Crippen MR) is 111 cm³/mol. The fourth-order valence-electron chi connectivity index (χ4n) is 2.76. The van der Waals surface area contributed by atoms with Crippen molar-refractivity contribution in [1.82, 2.24) is 4.31 Å². The second kappa shape index (κ2) is 8.82. The molecule has 0 saturated carbocycles. The first kappa shape index (κ1) is 19.8. The Balaban J connectivity index is 1.63. The summed E-state index contributed by atoms with van der Waals surface area (Å²) in [5.74, 6) is -0.0279. The summed E-state index contributed by atoms with van der Waals surface area (Å²) in [4.78, 5) is 12.4. The molecule has 0 bridgehead atoms. The van der Waals surface area contributed by atoms with E-state index in [1.165, 1.54) is 4.31 Å². The average Bonchev–Trinajstić information content (AvgIpc) is 2.73. The molecule has 0 radical (unpaired) electrons. The summed E-state index contributed by atoms with van der Waals surface area (Å²) < 4.78 is 26.8. The summed E-state index contributed by atoms with van der Waals surface area (Å²) in [5.41, 5.74) is 2.25. The summed E-state index contributed by atoms with van der Waals surface area (Å²) >= 11 is 0. The molecule has 0 heterocycles. The Bertz CT molecular complexity index is 1020. The van der Waals surface area contributed by atoms with Crippen molar-refractivity contribution in [3.05, 3.63) is 96.1 Å². The molecule has 0 aliphatic heterocycles. The number of carbonyl (C=O) groups excluding carboxylic acids is 1. The molecule has 3 aromatic carbocycles. The molecule has 5 nitrogen and oxygen atoms in total. The van der Waals surface area contributed by atoms with Gasteiger partial charge in [-0.2, -0.15) is 4.31 Å². The molecule has 6 heteroatoms. The highest BCUT2D eigenvalue weighted by Gasteiger charge is 2.20. The summed E-state index contributed by atoms with van der Waals surface area (Å²) in [6.45, 7) is 0.443. The van der Waals surface area contributed by atoms with Crippen molar-refractivity contribution in [3.63, 3.8) is 0 Å². The molecule has 0 fully saturated rings. The molecule has 0 spiro atoms. The van der Waals surface area contributed by atoms with Crippen LogP contribution in [0.1, 0.15) is 15.9 Å². The normalized spacial score (nSPS) is 11.4. The number of sulfonamides is 1. The number of anilines is 1. The first-order chi connectivity index (χ1) is 13.5. The van der Waals surface area contributed by atoms with Crippen LogP contribution in [0.3, 0.4) is 0 Å². The first-order valence-electron chi connectivity index (χ1n) is 8.89. The van der Waals surface area contributed by atoms with Gasteiger partial charge in [-0.15, -0.1) is 0 Å². The lowest BCUT2D eigenvalue weighted by Crippen LogP contribution is -2.26. The highest BCUT2D eigenvalue weighted by Crippen LogP contribution is 2.19. The van der Waals surface area contributed by atoms with Gasteiger partial charge < -0.3 is 5.32 Å². The Hall–Kier alpha value is -2.96. The van der Waals surface area contributed by atoms with Crippen LogP contribution < -0.4 is 5.32 Å². The minimum absolute atomic E-state index is 0.0279. The third kappa shape index (κ3) is 4.85. The number of carbonyl (C=O) groups is 1. The van der Waals surface area contributed by atoms with Crippen LogP contribution in [0.5, 0.6) is 0 Å². The van der Waals surface area contributed by atoms with E-state index < -0.39 is 10.0 Å². The Morgan fingerprint density at radius 2 is 1.43 bits per heavy atom. The van der Waals surface area contributed by atoms with Crippen LogP contribution in [0, 0.1) is 0 Å². The van der Waals surface area contributed by atoms with Gasteiger partial charge >= 0.3 is 0 Å². The van der Waals surface area contributed by atoms with Crippen LogP contribution in [-0.2, 0) is 16.6 Å². The molecule has 3 rings (SSSR count). The zero-order valence-corrected chi connectivity index (χ0v) is 16.4. The van der Waals surface area contributed by atoms with Gasteiger partial charge in [-0.05, 0) is 29.8 Å². The number of hydrogen-bond acceptors (Lipinski definition) is 4. The van der Waals surface area contributed by atoms with Gasteiger partial charge in [0.05, 0.1) is 11.4 Å². The molecular formula is C22H22N2O3S. The van der Waals surface area contributed by atoms with E-state index in [4.69, 9.17) is 0 Å². The van der Waals surface area contributed by atoms with Gasteiger partial charge in [0.2, 0.25) is 10.0 Å². The van der Waals surface area contributed by atoms with E-state index in [1.54, 1.807) is 43.4 Å². The molecule has 1 N–H and O–H groups in total. The van der Waals surface area contributed by atoms with E-state index >= 15 is 0 Å². The maximum absolute atomic E-state index is 12.8. The van der Waals surface area contributed by atoms with Gasteiger partial charge in [-0.1, -0.05) is 60.7 Å². The second-order valence-corrected chi connectivity index (χ2v) is 8.46. The minimum Gasteiger partial charge on any atom is -0.378 e. The highest BCUT2D eigenvalue weighted by molar-refractivity contribution is 7.89. The van der Waals surface area contributed by atoms with Crippen LogP contribution in [0.15, 0.2) is 89.8 Å². The largest absolute Gasteiger partial charge is 0.378 e. The molecule has 0 aromatic heterocycles. The number of hydrogen-bond donors (Lipinski definition) is 1. The summed E-state index contributed by atoms with van der Waals surface area (Å²) in [7, 11) is -2.03. The topological polar surface area (TPSA) is 66.5 Å². The summed E-state index contributed by atoms with van der Waals surface area (Å²) in [6.07, 6.45) is 0. The molecule has 3 aromatic rings.